The number of carbonyl (C=O) groups is 4. The first-order chi connectivity index (χ1) is 26.2. The molecule has 0 spiro atoms. The Labute approximate surface area is 332 Å². The Kier molecular flexibility index (Phi) is 14.3. The summed E-state index contributed by atoms with van der Waals surface area (Å²) in [5.41, 5.74) is 4.92. The first kappa shape index (κ1) is 43.3. The highest BCUT2D eigenvalue weighted by Gasteiger charge is 2.32. The number of hydrogen-bond acceptors (Lipinski definition) is 9. The van der Waals surface area contributed by atoms with E-state index in [-0.39, 0.29) is 33.8 Å². The van der Waals surface area contributed by atoms with Gasteiger partial charge in [-0.2, -0.15) is 0 Å². The fourth-order valence-electron chi connectivity index (χ4n) is 5.75. The number of carbonyl (C=O) groups excluding carboxylic acids is 4. The molecular weight excluding hydrogens is 729 g/mol. The van der Waals surface area contributed by atoms with Gasteiger partial charge >= 0.3 is 23.9 Å². The van der Waals surface area contributed by atoms with Gasteiger partial charge < -0.3 is 23.5 Å². The van der Waals surface area contributed by atoms with Gasteiger partial charge in [-0.3, -0.25) is 19.2 Å². The van der Waals surface area contributed by atoms with Gasteiger partial charge in [0.25, 0.3) is 0 Å². The fourth-order valence-corrected chi connectivity index (χ4v) is 7.38. The molecule has 0 aliphatic carbocycles. The summed E-state index contributed by atoms with van der Waals surface area (Å²) in [5.74, 6) is -1.92. The summed E-state index contributed by atoms with van der Waals surface area (Å²) in [6.07, 6.45) is 7.32. The third kappa shape index (κ3) is 12.3. The van der Waals surface area contributed by atoms with Gasteiger partial charge in [0.2, 0.25) is 0 Å². The van der Waals surface area contributed by atoms with E-state index < -0.39 is 45.6 Å². The van der Waals surface area contributed by atoms with Crippen LogP contribution >= 0.6 is 0 Å². The van der Waals surface area contributed by atoms with Crippen LogP contribution in [0.15, 0.2) is 97.1 Å². The molecule has 4 aromatic carbocycles. The quantitative estimate of drug-likeness (QED) is 0.0784. The van der Waals surface area contributed by atoms with Crippen molar-refractivity contribution in [2.24, 2.45) is 0 Å². The summed E-state index contributed by atoms with van der Waals surface area (Å²) >= 11 is -1.64. The molecule has 0 saturated heterocycles. The minimum Gasteiger partial charge on any atom is -0.615 e. The van der Waals surface area contributed by atoms with Crippen molar-refractivity contribution in [1.29, 1.82) is 0 Å². The molecule has 56 heavy (non-hydrogen) atoms. The highest BCUT2D eigenvalue weighted by atomic mass is 32.2. The van der Waals surface area contributed by atoms with Crippen LogP contribution in [-0.2, 0) is 41.2 Å². The monoisotopic (exact) mass is 778 g/mol. The van der Waals surface area contributed by atoms with E-state index in [1.54, 1.807) is 48.6 Å². The lowest BCUT2D eigenvalue weighted by Gasteiger charge is -2.27. The topological polar surface area (TPSA) is 128 Å². The van der Waals surface area contributed by atoms with Crippen LogP contribution in [0.1, 0.15) is 113 Å². The van der Waals surface area contributed by atoms with Crippen molar-refractivity contribution >= 4 is 47.2 Å². The Balaban J connectivity index is 1.86. The fraction of sp³-hybridized carbons (Fsp3) is 0.304. The second-order valence-electron chi connectivity index (χ2n) is 15.4. The minimum atomic E-state index is -1.64. The second kappa shape index (κ2) is 18.5. The SMILES string of the molecule is CC(=O)Oc1ccc(/C=C/C(c2ccc(C(C)(C)C)cc2)[S+]([O-])C(/C=C/c2ccc(OC(C)=O)c(OC(C)=O)c2)c2ccc(C(C)(C)C)cc2)cc1OC(C)=O. The van der Waals surface area contributed by atoms with E-state index in [9.17, 15) is 19.2 Å². The van der Waals surface area contributed by atoms with Gasteiger partial charge in [0.15, 0.2) is 33.5 Å². The molecule has 0 saturated carbocycles. The van der Waals surface area contributed by atoms with Crippen LogP contribution in [0.5, 0.6) is 23.0 Å². The summed E-state index contributed by atoms with van der Waals surface area (Å²) in [6, 6.07) is 25.8. The van der Waals surface area contributed by atoms with Gasteiger partial charge in [0.05, 0.1) is 0 Å². The van der Waals surface area contributed by atoms with Crippen molar-refractivity contribution in [3.63, 3.8) is 0 Å². The molecule has 0 aliphatic heterocycles. The van der Waals surface area contributed by atoms with Crippen LogP contribution in [0.2, 0.25) is 0 Å². The van der Waals surface area contributed by atoms with E-state index in [0.29, 0.717) is 11.1 Å². The molecule has 0 bridgehead atoms. The van der Waals surface area contributed by atoms with E-state index in [0.717, 1.165) is 22.3 Å². The van der Waals surface area contributed by atoms with Crippen molar-refractivity contribution in [3.8, 4) is 23.0 Å². The standard InChI is InChI=1S/C46H50O9S/c1-29(47)52-39-23-11-33(27-41(39)54-31(3)49)13-25-43(35-15-19-37(20-16-35)45(5,6)7)56(51)44(36-17-21-38(22-18-36)46(8,9)10)26-14-34-12-24-40(53-30(2)48)42(28-34)55-32(4)50/h11-28,43-44H,1-10H3/b25-13+,26-14+. The first-order valence-electron chi connectivity index (χ1n) is 18.2. The zero-order valence-corrected chi connectivity index (χ0v) is 34.4. The molecule has 2 atom stereocenters. The van der Waals surface area contributed by atoms with E-state index in [4.69, 9.17) is 18.9 Å². The Hall–Kier alpha value is -5.45. The summed E-state index contributed by atoms with van der Waals surface area (Å²) in [4.78, 5) is 47.3. The number of rotatable bonds is 12. The molecular formula is C46H50O9S. The molecule has 0 N–H and O–H groups in total. The Morgan fingerprint density at radius 3 is 1.09 bits per heavy atom. The maximum Gasteiger partial charge on any atom is 0.308 e. The lowest BCUT2D eigenvalue weighted by Crippen LogP contribution is -2.20. The van der Waals surface area contributed by atoms with Gasteiger partial charge in [-0.05, 0) is 80.7 Å². The highest BCUT2D eigenvalue weighted by molar-refractivity contribution is 7.92. The molecule has 4 rings (SSSR count). The summed E-state index contributed by atoms with van der Waals surface area (Å²) in [5, 5.41) is -1.26. The summed E-state index contributed by atoms with van der Waals surface area (Å²) in [7, 11) is 0. The number of benzene rings is 4. The maximum atomic E-state index is 15.2. The average molecular weight is 779 g/mol. The van der Waals surface area contributed by atoms with Gasteiger partial charge in [-0.1, -0.05) is 114 Å². The molecule has 0 heterocycles. The minimum absolute atomic E-state index is 0.0784. The van der Waals surface area contributed by atoms with Crippen molar-refractivity contribution in [2.75, 3.05) is 0 Å². The van der Waals surface area contributed by atoms with E-state index in [1.807, 2.05) is 60.7 Å². The van der Waals surface area contributed by atoms with Crippen molar-refractivity contribution in [3.05, 3.63) is 130 Å². The van der Waals surface area contributed by atoms with E-state index >= 15 is 4.55 Å². The smallest absolute Gasteiger partial charge is 0.308 e. The average Bonchev–Trinajstić information content (AvgIpc) is 3.09. The Morgan fingerprint density at radius 1 is 0.500 bits per heavy atom. The zero-order valence-electron chi connectivity index (χ0n) is 33.6. The molecule has 2 unspecified atom stereocenters. The van der Waals surface area contributed by atoms with Crippen LogP contribution in [0.25, 0.3) is 12.2 Å². The third-order valence-electron chi connectivity index (χ3n) is 8.59. The molecule has 0 amide bonds. The van der Waals surface area contributed by atoms with Gasteiger partial charge in [-0.25, -0.2) is 0 Å². The second-order valence-corrected chi connectivity index (χ2v) is 17.1. The third-order valence-corrected chi connectivity index (χ3v) is 10.4. The van der Waals surface area contributed by atoms with Crippen LogP contribution < -0.4 is 18.9 Å². The molecule has 294 valence electrons. The maximum absolute atomic E-state index is 15.2. The largest absolute Gasteiger partial charge is 0.615 e. The van der Waals surface area contributed by atoms with Gasteiger partial charge in [-0.15, -0.1) is 0 Å². The molecule has 4 aromatic rings. The Morgan fingerprint density at radius 2 is 0.804 bits per heavy atom. The van der Waals surface area contributed by atoms with Crippen molar-refractivity contribution in [2.45, 2.75) is 90.6 Å². The van der Waals surface area contributed by atoms with Gasteiger partial charge in [0.1, 0.15) is 0 Å². The molecule has 0 aliphatic rings. The van der Waals surface area contributed by atoms with Crippen molar-refractivity contribution < 1.29 is 42.7 Å². The molecule has 0 radical (unpaired) electrons. The van der Waals surface area contributed by atoms with Crippen molar-refractivity contribution in [1.82, 2.24) is 0 Å². The predicted octanol–water partition coefficient (Wildman–Crippen LogP) is 9.94. The molecule has 9 nitrogen and oxygen atoms in total. The van der Waals surface area contributed by atoms with Crippen LogP contribution in [0.4, 0.5) is 0 Å². The number of esters is 4. The van der Waals surface area contributed by atoms with Gasteiger partial charge in [0, 0.05) is 38.8 Å². The summed E-state index contributed by atoms with van der Waals surface area (Å²) < 4.78 is 36.4. The summed E-state index contributed by atoms with van der Waals surface area (Å²) in [6.45, 7) is 17.8. The van der Waals surface area contributed by atoms with E-state index in [2.05, 4.69) is 41.5 Å². The lowest BCUT2D eigenvalue weighted by molar-refractivity contribution is -0.134. The first-order valence-corrected chi connectivity index (χ1v) is 19.5. The van der Waals surface area contributed by atoms with E-state index in [1.165, 1.54) is 27.7 Å². The number of ether oxygens (including phenoxy) is 4. The Bertz CT molecular complexity index is 1950. The molecule has 0 aromatic heterocycles. The number of hydrogen-bond donors (Lipinski definition) is 0. The molecule has 10 heteroatoms. The lowest BCUT2D eigenvalue weighted by atomic mass is 9.86. The van der Waals surface area contributed by atoms with Crippen LogP contribution in [-0.4, -0.2) is 28.4 Å². The predicted molar refractivity (Wildman–Crippen MR) is 220 cm³/mol. The molecule has 0 fully saturated rings. The zero-order chi connectivity index (χ0) is 41.4. The van der Waals surface area contributed by atoms with Crippen LogP contribution in [0.3, 0.4) is 0 Å². The normalized spacial score (nSPS) is 13.6. The highest BCUT2D eigenvalue weighted by Crippen LogP contribution is 2.40. The van der Waals surface area contributed by atoms with Crippen LogP contribution in [0, 0.1) is 0 Å².